The minimum atomic E-state index is -0.265. The smallest absolute Gasteiger partial charge is 0.257 e. The van der Waals surface area contributed by atoms with E-state index in [2.05, 4.69) is 15.4 Å². The van der Waals surface area contributed by atoms with Crippen molar-refractivity contribution in [2.75, 3.05) is 12.4 Å². The van der Waals surface area contributed by atoms with Gasteiger partial charge in [0.1, 0.15) is 0 Å². The highest BCUT2D eigenvalue weighted by Gasteiger charge is 2.11. The second-order valence-corrected chi connectivity index (χ2v) is 6.23. The van der Waals surface area contributed by atoms with E-state index in [1.165, 1.54) is 0 Å². The number of aromatic nitrogens is 3. The summed E-state index contributed by atoms with van der Waals surface area (Å²) in [6.07, 6.45) is 1.81. The van der Waals surface area contributed by atoms with Gasteiger partial charge in [-0.25, -0.2) is 9.50 Å². The van der Waals surface area contributed by atoms with Gasteiger partial charge in [-0.3, -0.25) is 4.79 Å². The van der Waals surface area contributed by atoms with Crippen molar-refractivity contribution in [3.63, 3.8) is 0 Å². The fourth-order valence-corrected chi connectivity index (χ4v) is 2.93. The Kier molecular flexibility index (Phi) is 4.48. The fourth-order valence-electron chi connectivity index (χ4n) is 2.71. The summed E-state index contributed by atoms with van der Waals surface area (Å²) in [4.78, 5) is 17.0. The molecule has 0 aliphatic heterocycles. The van der Waals surface area contributed by atoms with Crippen LogP contribution in [0.2, 0.25) is 5.02 Å². The normalized spacial score (nSPS) is 10.7. The summed E-state index contributed by atoms with van der Waals surface area (Å²) in [5, 5.41) is 7.58. The van der Waals surface area contributed by atoms with Crippen molar-refractivity contribution in [1.82, 2.24) is 14.6 Å². The Balaban J connectivity index is 1.63. The molecule has 1 amide bonds. The molecule has 0 aliphatic carbocycles. The highest BCUT2D eigenvalue weighted by atomic mass is 35.5. The molecule has 6 nitrogen and oxygen atoms in total. The molecule has 0 saturated heterocycles. The molecule has 134 valence electrons. The predicted octanol–water partition coefficient (Wildman–Crippen LogP) is 4.31. The zero-order valence-corrected chi connectivity index (χ0v) is 15.1. The maximum absolute atomic E-state index is 12.5. The molecule has 0 atom stereocenters. The number of halogens is 1. The molecule has 4 rings (SSSR count). The van der Waals surface area contributed by atoms with Crippen LogP contribution >= 0.6 is 11.6 Å². The van der Waals surface area contributed by atoms with Crippen LogP contribution in [0.3, 0.4) is 0 Å². The Bertz CT molecular complexity index is 1140. The molecule has 7 heteroatoms. The average Bonchev–Trinajstić information content (AvgIpc) is 3.11. The van der Waals surface area contributed by atoms with Crippen LogP contribution in [-0.2, 0) is 0 Å². The molecule has 0 radical (unpaired) electrons. The number of nitrogens with zero attached hydrogens (tertiary/aromatic N) is 3. The first-order valence-electron chi connectivity index (χ1n) is 8.21. The van der Waals surface area contributed by atoms with E-state index in [0.717, 1.165) is 11.3 Å². The zero-order chi connectivity index (χ0) is 18.8. The first-order chi connectivity index (χ1) is 13.1. The Morgan fingerprint density at radius 2 is 1.96 bits per heavy atom. The van der Waals surface area contributed by atoms with Crippen LogP contribution in [0.15, 0.2) is 66.9 Å². The van der Waals surface area contributed by atoms with E-state index in [9.17, 15) is 4.79 Å². The number of hydrogen-bond acceptors (Lipinski definition) is 4. The Morgan fingerprint density at radius 1 is 1.11 bits per heavy atom. The molecular weight excluding hydrogens is 364 g/mol. The third-order valence-electron chi connectivity index (χ3n) is 4.04. The monoisotopic (exact) mass is 378 g/mol. The zero-order valence-electron chi connectivity index (χ0n) is 14.4. The van der Waals surface area contributed by atoms with Gasteiger partial charge in [0.05, 0.1) is 29.6 Å². The number of rotatable bonds is 4. The molecule has 2 aromatic heterocycles. The minimum absolute atomic E-state index is 0.265. The van der Waals surface area contributed by atoms with Crippen molar-refractivity contribution in [1.29, 1.82) is 0 Å². The van der Waals surface area contributed by atoms with Gasteiger partial charge >= 0.3 is 0 Å². The van der Waals surface area contributed by atoms with E-state index in [1.807, 2.05) is 36.5 Å². The van der Waals surface area contributed by atoms with E-state index in [-0.39, 0.29) is 5.91 Å². The van der Waals surface area contributed by atoms with Crippen LogP contribution in [-0.4, -0.2) is 27.6 Å². The summed E-state index contributed by atoms with van der Waals surface area (Å²) in [6.45, 7) is 0. The molecule has 0 spiro atoms. The summed E-state index contributed by atoms with van der Waals surface area (Å²) >= 11 is 6.09. The molecule has 2 heterocycles. The van der Waals surface area contributed by atoms with Crippen molar-refractivity contribution in [3.8, 4) is 17.1 Å². The number of carbonyl (C=O) groups excluding carboxylic acids is 1. The average molecular weight is 379 g/mol. The Labute approximate surface area is 160 Å². The van der Waals surface area contributed by atoms with Gasteiger partial charge in [0.15, 0.2) is 5.65 Å². The van der Waals surface area contributed by atoms with Gasteiger partial charge in [0.2, 0.25) is 5.88 Å². The molecule has 0 fully saturated rings. The molecule has 0 unspecified atom stereocenters. The summed E-state index contributed by atoms with van der Waals surface area (Å²) in [6, 6.07) is 18.0. The lowest BCUT2D eigenvalue weighted by molar-refractivity contribution is 0.102. The van der Waals surface area contributed by atoms with Gasteiger partial charge < -0.3 is 10.1 Å². The van der Waals surface area contributed by atoms with E-state index in [0.29, 0.717) is 27.8 Å². The number of hydrogen-bond donors (Lipinski definition) is 1. The van der Waals surface area contributed by atoms with Crippen molar-refractivity contribution in [2.24, 2.45) is 0 Å². The van der Waals surface area contributed by atoms with Crippen LogP contribution in [0.25, 0.3) is 16.9 Å². The van der Waals surface area contributed by atoms with Gasteiger partial charge in [-0.1, -0.05) is 35.9 Å². The lowest BCUT2D eigenvalue weighted by Gasteiger charge is -2.07. The number of benzene rings is 2. The van der Waals surface area contributed by atoms with Crippen molar-refractivity contribution in [3.05, 3.63) is 77.4 Å². The van der Waals surface area contributed by atoms with Gasteiger partial charge in [0.25, 0.3) is 5.91 Å². The van der Waals surface area contributed by atoms with E-state index in [1.54, 1.807) is 42.0 Å². The SMILES string of the molecule is COc1ccc2nc(-c3cccc(NC(=O)c4ccccc4Cl)c3)cn2n1. The first-order valence-corrected chi connectivity index (χ1v) is 8.58. The van der Waals surface area contributed by atoms with Crippen LogP contribution < -0.4 is 10.1 Å². The van der Waals surface area contributed by atoms with Crippen LogP contribution in [0.5, 0.6) is 5.88 Å². The highest BCUT2D eigenvalue weighted by molar-refractivity contribution is 6.34. The van der Waals surface area contributed by atoms with Crippen LogP contribution in [0.4, 0.5) is 5.69 Å². The minimum Gasteiger partial charge on any atom is -0.480 e. The lowest BCUT2D eigenvalue weighted by atomic mass is 10.1. The molecule has 2 aromatic carbocycles. The molecule has 1 N–H and O–H groups in total. The number of nitrogens with one attached hydrogen (secondary N) is 1. The lowest BCUT2D eigenvalue weighted by Crippen LogP contribution is -2.12. The number of methoxy groups -OCH3 is 1. The van der Waals surface area contributed by atoms with Crippen molar-refractivity contribution >= 4 is 28.8 Å². The first kappa shape index (κ1) is 17.1. The Morgan fingerprint density at radius 3 is 2.78 bits per heavy atom. The van der Waals surface area contributed by atoms with E-state index in [4.69, 9.17) is 16.3 Å². The van der Waals surface area contributed by atoms with Gasteiger partial charge in [0, 0.05) is 17.3 Å². The van der Waals surface area contributed by atoms with Gasteiger partial charge in [-0.05, 0) is 30.3 Å². The van der Waals surface area contributed by atoms with E-state index >= 15 is 0 Å². The second-order valence-electron chi connectivity index (χ2n) is 5.82. The predicted molar refractivity (Wildman–Crippen MR) is 104 cm³/mol. The quantitative estimate of drug-likeness (QED) is 0.574. The summed E-state index contributed by atoms with van der Waals surface area (Å²) in [7, 11) is 1.57. The maximum atomic E-state index is 12.5. The topological polar surface area (TPSA) is 68.5 Å². The second kappa shape index (κ2) is 7.09. The largest absolute Gasteiger partial charge is 0.480 e. The third-order valence-corrected chi connectivity index (χ3v) is 4.37. The summed E-state index contributed by atoms with van der Waals surface area (Å²) in [5.74, 6) is 0.242. The standard InChI is InChI=1S/C20H15ClN4O2/c1-27-19-10-9-18-23-17(12-25(18)24-19)13-5-4-6-14(11-13)22-20(26)15-7-2-3-8-16(15)21/h2-12H,1H3,(H,22,26). The van der Waals surface area contributed by atoms with Crippen molar-refractivity contribution < 1.29 is 9.53 Å². The van der Waals surface area contributed by atoms with Crippen LogP contribution in [0.1, 0.15) is 10.4 Å². The number of carbonyl (C=O) groups is 1. The molecule has 4 aromatic rings. The summed E-state index contributed by atoms with van der Waals surface area (Å²) < 4.78 is 6.79. The molecule has 0 aliphatic rings. The Hall–Kier alpha value is -3.38. The number of ether oxygens (including phenoxy) is 1. The van der Waals surface area contributed by atoms with Gasteiger partial charge in [-0.2, -0.15) is 0 Å². The molecular formula is C20H15ClN4O2. The number of fused-ring (bicyclic) bond motifs is 1. The third kappa shape index (κ3) is 3.47. The number of anilines is 1. The van der Waals surface area contributed by atoms with Crippen molar-refractivity contribution in [2.45, 2.75) is 0 Å². The molecule has 0 bridgehead atoms. The maximum Gasteiger partial charge on any atom is 0.257 e. The molecule has 27 heavy (non-hydrogen) atoms. The summed E-state index contributed by atoms with van der Waals surface area (Å²) in [5.41, 5.74) is 3.38. The van der Waals surface area contributed by atoms with Crippen LogP contribution in [0, 0.1) is 0 Å². The fraction of sp³-hybridized carbons (Fsp3) is 0.0500. The molecule has 0 saturated carbocycles. The van der Waals surface area contributed by atoms with E-state index < -0.39 is 0 Å². The number of amides is 1. The number of imidazole rings is 1. The van der Waals surface area contributed by atoms with Gasteiger partial charge in [-0.15, -0.1) is 5.10 Å². The highest BCUT2D eigenvalue weighted by Crippen LogP contribution is 2.24.